The zero-order chi connectivity index (χ0) is 16.3. The Balaban J connectivity index is 1.76. The van der Waals surface area contributed by atoms with Gasteiger partial charge < -0.3 is 15.8 Å². The highest BCUT2D eigenvalue weighted by atomic mass is 79.9. The van der Waals surface area contributed by atoms with Crippen molar-refractivity contribution in [1.29, 1.82) is 0 Å². The van der Waals surface area contributed by atoms with Gasteiger partial charge in [0.2, 0.25) is 5.91 Å². The normalized spacial score (nSPS) is 22.7. The highest BCUT2D eigenvalue weighted by molar-refractivity contribution is 9.10. The van der Waals surface area contributed by atoms with E-state index in [0.717, 1.165) is 56.2 Å². The molecule has 5 heteroatoms. The van der Waals surface area contributed by atoms with Crippen molar-refractivity contribution >= 4 is 21.8 Å². The lowest BCUT2D eigenvalue weighted by atomic mass is 9.74. The van der Waals surface area contributed by atoms with Gasteiger partial charge in [0.05, 0.1) is 5.54 Å². The Morgan fingerprint density at radius 1 is 1.22 bits per heavy atom. The third kappa shape index (κ3) is 3.62. The van der Waals surface area contributed by atoms with Crippen molar-refractivity contribution in [2.24, 2.45) is 5.73 Å². The van der Waals surface area contributed by atoms with Crippen molar-refractivity contribution in [3.05, 3.63) is 34.3 Å². The molecule has 4 nitrogen and oxygen atoms in total. The van der Waals surface area contributed by atoms with Crippen LogP contribution in [-0.2, 0) is 14.9 Å². The Hall–Kier alpha value is -0.910. The summed E-state index contributed by atoms with van der Waals surface area (Å²) in [6, 6.07) is 8.39. The summed E-state index contributed by atoms with van der Waals surface area (Å²) in [5.74, 6) is 0.0101. The van der Waals surface area contributed by atoms with Crippen LogP contribution in [0.15, 0.2) is 28.7 Å². The van der Waals surface area contributed by atoms with E-state index in [2.05, 4.69) is 39.4 Å². The van der Waals surface area contributed by atoms with Crippen LogP contribution in [0.3, 0.4) is 0 Å². The molecule has 2 aliphatic rings. The number of nitrogens with one attached hydrogen (secondary N) is 1. The Labute approximate surface area is 146 Å². The monoisotopic (exact) mass is 380 g/mol. The van der Waals surface area contributed by atoms with E-state index in [1.54, 1.807) is 0 Å². The van der Waals surface area contributed by atoms with Crippen LogP contribution in [0.5, 0.6) is 0 Å². The van der Waals surface area contributed by atoms with Gasteiger partial charge in [0.1, 0.15) is 0 Å². The smallest absolute Gasteiger partial charge is 0.240 e. The molecule has 23 heavy (non-hydrogen) atoms. The van der Waals surface area contributed by atoms with Crippen molar-refractivity contribution < 1.29 is 9.53 Å². The second kappa shape index (κ2) is 6.91. The van der Waals surface area contributed by atoms with E-state index in [-0.39, 0.29) is 11.3 Å². The molecule has 1 heterocycles. The van der Waals surface area contributed by atoms with Gasteiger partial charge in [-0.1, -0.05) is 40.9 Å². The zero-order valence-corrected chi connectivity index (χ0v) is 15.0. The van der Waals surface area contributed by atoms with Gasteiger partial charge in [-0.15, -0.1) is 0 Å². The molecule has 1 aliphatic carbocycles. The molecule has 1 aromatic carbocycles. The standard InChI is InChI=1S/C18H25BrN2O2/c19-15-5-3-4-14(12-15)17(8-10-23-11-9-17)13-21-16(22)18(20)6-1-2-7-18/h3-5,12H,1-2,6-11,13,20H2,(H,21,22). The number of benzene rings is 1. The van der Waals surface area contributed by atoms with Gasteiger partial charge in [-0.25, -0.2) is 0 Å². The molecule has 1 saturated heterocycles. The molecule has 1 aromatic rings. The van der Waals surface area contributed by atoms with Gasteiger partial charge in [0.25, 0.3) is 0 Å². The zero-order valence-electron chi connectivity index (χ0n) is 13.4. The summed E-state index contributed by atoms with van der Waals surface area (Å²) in [5.41, 5.74) is 6.81. The summed E-state index contributed by atoms with van der Waals surface area (Å²) < 4.78 is 6.62. The maximum Gasteiger partial charge on any atom is 0.240 e. The second-order valence-electron chi connectivity index (χ2n) is 6.95. The van der Waals surface area contributed by atoms with E-state index in [9.17, 15) is 4.79 Å². The van der Waals surface area contributed by atoms with E-state index < -0.39 is 5.54 Å². The largest absolute Gasteiger partial charge is 0.381 e. The maximum absolute atomic E-state index is 12.6. The summed E-state index contributed by atoms with van der Waals surface area (Å²) in [7, 11) is 0. The van der Waals surface area contributed by atoms with Gasteiger partial charge in [0.15, 0.2) is 0 Å². The van der Waals surface area contributed by atoms with Crippen LogP contribution in [-0.4, -0.2) is 31.2 Å². The average molecular weight is 381 g/mol. The molecule has 0 radical (unpaired) electrons. The molecule has 2 fully saturated rings. The summed E-state index contributed by atoms with van der Waals surface area (Å²) >= 11 is 3.56. The fourth-order valence-electron chi connectivity index (χ4n) is 3.81. The van der Waals surface area contributed by atoms with Gasteiger partial charge in [0, 0.05) is 29.6 Å². The minimum absolute atomic E-state index is 0.0101. The van der Waals surface area contributed by atoms with E-state index in [1.807, 2.05) is 6.07 Å². The van der Waals surface area contributed by atoms with E-state index in [0.29, 0.717) is 6.54 Å². The predicted molar refractivity (Wildman–Crippen MR) is 94.3 cm³/mol. The van der Waals surface area contributed by atoms with Crippen LogP contribution in [0.25, 0.3) is 0 Å². The minimum Gasteiger partial charge on any atom is -0.381 e. The van der Waals surface area contributed by atoms with Crippen molar-refractivity contribution in [3.8, 4) is 0 Å². The van der Waals surface area contributed by atoms with Crippen molar-refractivity contribution in [3.63, 3.8) is 0 Å². The van der Waals surface area contributed by atoms with Crippen molar-refractivity contribution in [1.82, 2.24) is 5.32 Å². The number of nitrogens with two attached hydrogens (primary N) is 1. The lowest BCUT2D eigenvalue weighted by Crippen LogP contribution is -2.55. The first-order valence-corrected chi connectivity index (χ1v) is 9.24. The number of carbonyl (C=O) groups is 1. The van der Waals surface area contributed by atoms with E-state index >= 15 is 0 Å². The number of amides is 1. The summed E-state index contributed by atoms with van der Waals surface area (Å²) in [4.78, 5) is 12.6. The Bertz CT molecular complexity index is 564. The van der Waals surface area contributed by atoms with Gasteiger partial charge in [-0.3, -0.25) is 4.79 Å². The molecule has 1 amide bonds. The summed E-state index contributed by atoms with van der Waals surface area (Å²) in [6.45, 7) is 2.09. The van der Waals surface area contributed by atoms with E-state index in [4.69, 9.17) is 10.5 Å². The fraction of sp³-hybridized carbons (Fsp3) is 0.611. The molecule has 0 aromatic heterocycles. The highest BCUT2D eigenvalue weighted by Crippen LogP contribution is 2.36. The third-order valence-corrected chi connectivity index (χ3v) is 5.92. The first-order chi connectivity index (χ1) is 11.0. The Morgan fingerprint density at radius 2 is 1.91 bits per heavy atom. The molecule has 0 atom stereocenters. The molecular formula is C18H25BrN2O2. The molecule has 1 aliphatic heterocycles. The van der Waals surface area contributed by atoms with Crippen molar-refractivity contribution in [2.45, 2.75) is 49.5 Å². The SMILES string of the molecule is NC1(C(=O)NCC2(c3cccc(Br)c3)CCOCC2)CCCC1. The third-order valence-electron chi connectivity index (χ3n) is 5.42. The number of hydrogen-bond donors (Lipinski definition) is 2. The Kier molecular flexibility index (Phi) is 5.09. The minimum atomic E-state index is -0.663. The predicted octanol–water partition coefficient (Wildman–Crippen LogP) is 2.89. The number of halogens is 1. The van der Waals surface area contributed by atoms with Crippen LogP contribution >= 0.6 is 15.9 Å². The van der Waals surface area contributed by atoms with Crippen molar-refractivity contribution in [2.75, 3.05) is 19.8 Å². The van der Waals surface area contributed by atoms with Gasteiger partial charge in [-0.05, 0) is 43.4 Å². The summed E-state index contributed by atoms with van der Waals surface area (Å²) in [5, 5.41) is 3.16. The number of rotatable bonds is 4. The first-order valence-electron chi connectivity index (χ1n) is 8.45. The number of hydrogen-bond acceptors (Lipinski definition) is 3. The quantitative estimate of drug-likeness (QED) is 0.843. The van der Waals surface area contributed by atoms with E-state index in [1.165, 1.54) is 5.56 Å². The molecule has 0 spiro atoms. The Morgan fingerprint density at radius 3 is 2.57 bits per heavy atom. The topological polar surface area (TPSA) is 64.4 Å². The van der Waals surface area contributed by atoms with Crippen LogP contribution in [0.4, 0.5) is 0 Å². The average Bonchev–Trinajstić information content (AvgIpc) is 3.01. The molecule has 126 valence electrons. The number of carbonyl (C=O) groups excluding carboxylic acids is 1. The van der Waals surface area contributed by atoms with Crippen LogP contribution in [0, 0.1) is 0 Å². The molecular weight excluding hydrogens is 356 g/mol. The molecule has 0 bridgehead atoms. The molecule has 3 N–H and O–H groups in total. The van der Waals surface area contributed by atoms with Crippen LogP contribution in [0.2, 0.25) is 0 Å². The lowest BCUT2D eigenvalue weighted by molar-refractivity contribution is -0.126. The molecule has 0 unspecified atom stereocenters. The molecule has 3 rings (SSSR count). The fourth-order valence-corrected chi connectivity index (χ4v) is 4.21. The summed E-state index contributed by atoms with van der Waals surface area (Å²) in [6.07, 6.45) is 5.53. The molecule has 1 saturated carbocycles. The highest BCUT2D eigenvalue weighted by Gasteiger charge is 2.40. The van der Waals surface area contributed by atoms with Crippen LogP contribution < -0.4 is 11.1 Å². The lowest BCUT2D eigenvalue weighted by Gasteiger charge is -2.39. The maximum atomic E-state index is 12.6. The number of ether oxygens (including phenoxy) is 1. The van der Waals surface area contributed by atoms with Crippen LogP contribution in [0.1, 0.15) is 44.1 Å². The van der Waals surface area contributed by atoms with Gasteiger partial charge >= 0.3 is 0 Å². The van der Waals surface area contributed by atoms with Gasteiger partial charge in [-0.2, -0.15) is 0 Å². The first kappa shape index (κ1) is 16.9. The second-order valence-corrected chi connectivity index (χ2v) is 7.86.